The maximum atomic E-state index is 11.8. The van der Waals surface area contributed by atoms with Gasteiger partial charge in [0.1, 0.15) is 5.82 Å². The smallest absolute Gasteiger partial charge is 0.225 e. The predicted molar refractivity (Wildman–Crippen MR) is 83.0 cm³/mol. The first-order valence-corrected chi connectivity index (χ1v) is 7.20. The van der Waals surface area contributed by atoms with Crippen LogP contribution in [0.15, 0.2) is 30.3 Å². The van der Waals surface area contributed by atoms with E-state index in [0.717, 1.165) is 23.2 Å². The Labute approximate surface area is 124 Å². The van der Waals surface area contributed by atoms with Crippen molar-refractivity contribution in [3.8, 4) is 11.3 Å². The van der Waals surface area contributed by atoms with Crippen LogP contribution in [0.25, 0.3) is 11.3 Å². The summed E-state index contributed by atoms with van der Waals surface area (Å²) in [5.41, 5.74) is 2.95. The molecule has 0 radical (unpaired) electrons. The van der Waals surface area contributed by atoms with Gasteiger partial charge in [-0.15, -0.1) is 0 Å². The van der Waals surface area contributed by atoms with Crippen molar-refractivity contribution in [1.29, 1.82) is 0 Å². The van der Waals surface area contributed by atoms with Gasteiger partial charge in [0.25, 0.3) is 0 Å². The highest BCUT2D eigenvalue weighted by atomic mass is 16.3. The van der Waals surface area contributed by atoms with Gasteiger partial charge in [-0.3, -0.25) is 4.79 Å². The molecule has 0 bridgehead atoms. The van der Waals surface area contributed by atoms with Gasteiger partial charge >= 0.3 is 0 Å². The molecule has 0 fully saturated rings. The van der Waals surface area contributed by atoms with Gasteiger partial charge in [-0.05, 0) is 18.9 Å². The van der Waals surface area contributed by atoms with Crippen molar-refractivity contribution in [2.45, 2.75) is 33.2 Å². The average molecular weight is 287 g/mol. The average Bonchev–Trinajstić information content (AvgIpc) is 2.83. The van der Waals surface area contributed by atoms with E-state index in [-0.39, 0.29) is 12.5 Å². The van der Waals surface area contributed by atoms with E-state index in [4.69, 9.17) is 5.11 Å². The largest absolute Gasteiger partial charge is 0.394 e. The minimum absolute atomic E-state index is 0.0223. The molecule has 2 rings (SSSR count). The molecule has 5 heteroatoms. The number of nitrogens with one attached hydrogen (secondary N) is 1. The highest BCUT2D eigenvalue weighted by Crippen LogP contribution is 2.25. The molecule has 0 aliphatic heterocycles. The second-order valence-electron chi connectivity index (χ2n) is 4.97. The van der Waals surface area contributed by atoms with Gasteiger partial charge in [-0.1, -0.05) is 31.2 Å². The summed E-state index contributed by atoms with van der Waals surface area (Å²) < 4.78 is 1.63. The van der Waals surface area contributed by atoms with E-state index >= 15 is 0 Å². The fourth-order valence-corrected chi connectivity index (χ4v) is 2.21. The first-order valence-electron chi connectivity index (χ1n) is 7.20. The van der Waals surface area contributed by atoms with Crippen LogP contribution < -0.4 is 5.32 Å². The fraction of sp³-hybridized carbons (Fsp3) is 0.375. The number of aliphatic hydroxyl groups excluding tert-OH is 1. The minimum Gasteiger partial charge on any atom is -0.394 e. The van der Waals surface area contributed by atoms with E-state index in [1.54, 1.807) is 4.68 Å². The Bertz CT molecular complexity index is 620. The van der Waals surface area contributed by atoms with Crippen molar-refractivity contribution >= 4 is 11.7 Å². The molecule has 0 saturated heterocycles. The van der Waals surface area contributed by atoms with Crippen molar-refractivity contribution in [3.05, 3.63) is 35.9 Å². The van der Waals surface area contributed by atoms with Crippen molar-refractivity contribution < 1.29 is 9.90 Å². The summed E-state index contributed by atoms with van der Waals surface area (Å²) in [6.07, 6.45) is 1.27. The van der Waals surface area contributed by atoms with Crippen LogP contribution in [-0.4, -0.2) is 27.4 Å². The number of benzene rings is 1. The number of hydrogen-bond acceptors (Lipinski definition) is 3. The molecule has 0 atom stereocenters. The number of carbonyl (C=O) groups excluding carboxylic acids is 1. The van der Waals surface area contributed by atoms with Crippen molar-refractivity contribution in [1.82, 2.24) is 9.78 Å². The summed E-state index contributed by atoms with van der Waals surface area (Å²) in [6.45, 7) is 4.32. The molecular weight excluding hydrogens is 266 g/mol. The summed E-state index contributed by atoms with van der Waals surface area (Å²) in [7, 11) is 0. The third-order valence-corrected chi connectivity index (χ3v) is 3.26. The zero-order valence-corrected chi connectivity index (χ0v) is 12.5. The molecule has 0 aliphatic carbocycles. The fourth-order valence-electron chi connectivity index (χ4n) is 2.21. The number of carbonyl (C=O) groups is 1. The van der Waals surface area contributed by atoms with Crippen LogP contribution in [0.1, 0.15) is 25.3 Å². The Morgan fingerprint density at radius 3 is 2.81 bits per heavy atom. The molecule has 1 amide bonds. The van der Waals surface area contributed by atoms with E-state index < -0.39 is 0 Å². The second kappa shape index (κ2) is 7.04. The van der Waals surface area contributed by atoms with Crippen LogP contribution in [0.3, 0.4) is 0 Å². The van der Waals surface area contributed by atoms with Crippen molar-refractivity contribution in [2.24, 2.45) is 0 Å². The Morgan fingerprint density at radius 2 is 2.14 bits per heavy atom. The van der Waals surface area contributed by atoms with Crippen LogP contribution in [-0.2, 0) is 11.3 Å². The standard InChI is InChI=1S/C16H21N3O2/c1-3-6-16(21)17-15-11-14(18-19(15)9-10-20)13-8-5-4-7-12(13)2/h4-5,7-8,11,20H,3,6,9-10H2,1-2H3,(H,17,21). The lowest BCUT2D eigenvalue weighted by Crippen LogP contribution is -2.16. The molecule has 0 saturated carbocycles. The third kappa shape index (κ3) is 3.70. The number of hydrogen-bond donors (Lipinski definition) is 2. The quantitative estimate of drug-likeness (QED) is 0.858. The highest BCUT2D eigenvalue weighted by Gasteiger charge is 2.12. The molecule has 1 aromatic carbocycles. The maximum Gasteiger partial charge on any atom is 0.225 e. The van der Waals surface area contributed by atoms with E-state index in [1.807, 2.05) is 44.2 Å². The van der Waals surface area contributed by atoms with Crippen LogP contribution in [0, 0.1) is 6.92 Å². The first-order chi connectivity index (χ1) is 10.2. The summed E-state index contributed by atoms with van der Waals surface area (Å²) in [5, 5.41) is 16.5. The minimum atomic E-state index is -0.0343. The molecule has 112 valence electrons. The molecule has 5 nitrogen and oxygen atoms in total. The molecule has 0 unspecified atom stereocenters. The van der Waals surface area contributed by atoms with Gasteiger partial charge < -0.3 is 10.4 Å². The molecule has 1 aromatic heterocycles. The second-order valence-corrected chi connectivity index (χ2v) is 4.97. The van der Waals surface area contributed by atoms with Gasteiger partial charge in [-0.2, -0.15) is 5.10 Å². The number of aliphatic hydroxyl groups is 1. The lowest BCUT2D eigenvalue weighted by atomic mass is 10.1. The highest BCUT2D eigenvalue weighted by molar-refractivity contribution is 5.90. The zero-order chi connectivity index (χ0) is 15.2. The first kappa shape index (κ1) is 15.3. The lowest BCUT2D eigenvalue weighted by Gasteiger charge is -2.06. The zero-order valence-electron chi connectivity index (χ0n) is 12.5. The van der Waals surface area contributed by atoms with Gasteiger partial charge in [0.05, 0.1) is 18.8 Å². The van der Waals surface area contributed by atoms with E-state index in [1.165, 1.54) is 0 Å². The molecular formula is C16H21N3O2. The summed E-state index contributed by atoms with van der Waals surface area (Å²) in [6, 6.07) is 9.82. The molecule has 2 N–H and O–H groups in total. The van der Waals surface area contributed by atoms with E-state index in [2.05, 4.69) is 10.4 Å². The Hall–Kier alpha value is -2.14. The SMILES string of the molecule is CCCC(=O)Nc1cc(-c2ccccc2C)nn1CCO. The topological polar surface area (TPSA) is 67.2 Å². The number of aryl methyl sites for hydroxylation is 1. The molecule has 1 heterocycles. The summed E-state index contributed by atoms with van der Waals surface area (Å²) in [4.78, 5) is 11.8. The van der Waals surface area contributed by atoms with Crippen molar-refractivity contribution in [3.63, 3.8) is 0 Å². The molecule has 21 heavy (non-hydrogen) atoms. The van der Waals surface area contributed by atoms with Crippen LogP contribution >= 0.6 is 0 Å². The van der Waals surface area contributed by atoms with E-state index in [9.17, 15) is 4.79 Å². The molecule has 2 aromatic rings. The number of aromatic nitrogens is 2. The Balaban J connectivity index is 2.32. The lowest BCUT2D eigenvalue weighted by molar-refractivity contribution is -0.116. The number of rotatable bonds is 6. The number of amides is 1. The van der Waals surface area contributed by atoms with Crippen LogP contribution in [0.4, 0.5) is 5.82 Å². The van der Waals surface area contributed by atoms with Crippen molar-refractivity contribution in [2.75, 3.05) is 11.9 Å². The van der Waals surface area contributed by atoms with Crippen LogP contribution in [0.2, 0.25) is 0 Å². The normalized spacial score (nSPS) is 10.6. The molecule has 0 spiro atoms. The van der Waals surface area contributed by atoms with E-state index in [0.29, 0.717) is 18.8 Å². The Kier molecular flexibility index (Phi) is 5.11. The van der Waals surface area contributed by atoms with Crippen LogP contribution in [0.5, 0.6) is 0 Å². The monoisotopic (exact) mass is 287 g/mol. The van der Waals surface area contributed by atoms with Gasteiger partial charge in [0, 0.05) is 18.1 Å². The van der Waals surface area contributed by atoms with Gasteiger partial charge in [0.15, 0.2) is 0 Å². The third-order valence-electron chi connectivity index (χ3n) is 3.26. The summed E-state index contributed by atoms with van der Waals surface area (Å²) >= 11 is 0. The maximum absolute atomic E-state index is 11.8. The number of anilines is 1. The molecule has 0 aliphatic rings. The van der Waals surface area contributed by atoms with Gasteiger partial charge in [-0.25, -0.2) is 4.68 Å². The number of nitrogens with zero attached hydrogens (tertiary/aromatic N) is 2. The van der Waals surface area contributed by atoms with Gasteiger partial charge in [0.2, 0.25) is 5.91 Å². The Morgan fingerprint density at radius 1 is 1.38 bits per heavy atom. The summed E-state index contributed by atoms with van der Waals surface area (Å²) in [5.74, 6) is 0.591. The predicted octanol–water partition coefficient (Wildman–Crippen LogP) is 2.59.